The number of fused-ring (bicyclic) bond motifs is 4. The summed E-state index contributed by atoms with van der Waals surface area (Å²) >= 11 is 12.8. The van der Waals surface area contributed by atoms with Crippen LogP contribution in [0.25, 0.3) is 5.69 Å². The Morgan fingerprint density at radius 2 is 1.61 bits per heavy atom. The van der Waals surface area contributed by atoms with E-state index in [1.807, 2.05) is 90.5 Å². The summed E-state index contributed by atoms with van der Waals surface area (Å²) in [6.07, 6.45) is 0. The van der Waals surface area contributed by atoms with Crippen LogP contribution in [-0.4, -0.2) is 28.6 Å². The lowest BCUT2D eigenvalue weighted by molar-refractivity contribution is 0.415. The van der Waals surface area contributed by atoms with Gasteiger partial charge in [0.05, 0.1) is 40.9 Å². The molecule has 41 heavy (non-hydrogen) atoms. The molecule has 0 aliphatic carbocycles. The zero-order chi connectivity index (χ0) is 28.1. The van der Waals surface area contributed by atoms with Gasteiger partial charge in [0.15, 0.2) is 17.5 Å². The average Bonchev–Trinajstić information content (AvgIpc) is 3.33. The van der Waals surface area contributed by atoms with Crippen LogP contribution in [0.15, 0.2) is 107 Å². The van der Waals surface area contributed by atoms with Crippen molar-refractivity contribution in [3.05, 3.63) is 124 Å². The smallest absolute Gasteiger partial charge is 0.179 e. The van der Waals surface area contributed by atoms with Gasteiger partial charge < -0.3 is 15.0 Å². The highest BCUT2D eigenvalue weighted by Gasteiger charge is 2.41. The van der Waals surface area contributed by atoms with Gasteiger partial charge in [0.2, 0.25) is 0 Å². The van der Waals surface area contributed by atoms with Gasteiger partial charge >= 0.3 is 0 Å². The Hall–Kier alpha value is -4.59. The fourth-order valence-electron chi connectivity index (χ4n) is 5.39. The van der Waals surface area contributed by atoms with E-state index < -0.39 is 0 Å². The molecule has 0 radical (unpaired) electrons. The highest BCUT2D eigenvalue weighted by Crippen LogP contribution is 2.48. The Kier molecular flexibility index (Phi) is 6.26. The average molecular weight is 579 g/mol. The third kappa shape index (κ3) is 4.34. The van der Waals surface area contributed by atoms with Gasteiger partial charge in [-0.3, -0.25) is 0 Å². The molecule has 1 atom stereocenters. The van der Waals surface area contributed by atoms with Crippen LogP contribution >= 0.6 is 23.2 Å². The highest BCUT2D eigenvalue weighted by atomic mass is 35.5. The van der Waals surface area contributed by atoms with Gasteiger partial charge in [-0.25, -0.2) is 14.7 Å². The first-order valence-electron chi connectivity index (χ1n) is 13.1. The molecule has 0 spiro atoms. The number of nitrogens with zero attached hydrogens (tertiary/aromatic N) is 5. The zero-order valence-corrected chi connectivity index (χ0v) is 23.7. The summed E-state index contributed by atoms with van der Waals surface area (Å²) in [7, 11) is 1.59. The van der Waals surface area contributed by atoms with Crippen molar-refractivity contribution < 1.29 is 4.74 Å². The molecule has 0 saturated heterocycles. The molecule has 1 N–H and O–H groups in total. The number of amidine groups is 2. The number of methoxy groups -OCH3 is 1. The van der Waals surface area contributed by atoms with Crippen molar-refractivity contribution in [3.8, 4) is 11.4 Å². The Bertz CT molecular complexity index is 1850. The van der Waals surface area contributed by atoms with E-state index in [-0.39, 0.29) is 6.04 Å². The molecule has 2 aliphatic heterocycles. The predicted molar refractivity (Wildman–Crippen MR) is 166 cm³/mol. The second-order valence-electron chi connectivity index (χ2n) is 9.75. The van der Waals surface area contributed by atoms with E-state index in [0.29, 0.717) is 27.5 Å². The summed E-state index contributed by atoms with van der Waals surface area (Å²) in [5.41, 5.74) is 6.42. The van der Waals surface area contributed by atoms with E-state index in [4.69, 9.17) is 43.0 Å². The first kappa shape index (κ1) is 25.4. The first-order chi connectivity index (χ1) is 20.0. The van der Waals surface area contributed by atoms with Crippen molar-refractivity contribution in [2.45, 2.75) is 13.0 Å². The maximum atomic E-state index is 6.47. The number of halogens is 2. The van der Waals surface area contributed by atoms with Gasteiger partial charge in [-0.15, -0.1) is 0 Å². The molecule has 202 valence electrons. The SMILES string of the molecule is COc1ccc(NC2=Nc3ccccc3N3C2=Nc2c(c(C)nn2-c2ccccc2)[C@H]3c2ccc(Cl)cc2)cc1Cl. The van der Waals surface area contributed by atoms with Crippen molar-refractivity contribution in [1.82, 2.24) is 9.78 Å². The zero-order valence-electron chi connectivity index (χ0n) is 22.2. The Labute approximate surface area is 247 Å². The molecule has 4 aromatic carbocycles. The minimum absolute atomic E-state index is 0.236. The topological polar surface area (TPSA) is 67.0 Å². The number of aromatic nitrogens is 2. The maximum Gasteiger partial charge on any atom is 0.179 e. The predicted octanol–water partition coefficient (Wildman–Crippen LogP) is 8.29. The number of aryl methyl sites for hydroxylation is 1. The maximum absolute atomic E-state index is 6.47. The lowest BCUT2D eigenvalue weighted by Gasteiger charge is -2.40. The van der Waals surface area contributed by atoms with E-state index in [1.54, 1.807) is 7.11 Å². The Balaban J connectivity index is 1.47. The molecule has 1 aromatic heterocycles. The molecule has 0 saturated carbocycles. The fourth-order valence-corrected chi connectivity index (χ4v) is 5.77. The van der Waals surface area contributed by atoms with Gasteiger partial charge in [0.25, 0.3) is 0 Å². The quantitative estimate of drug-likeness (QED) is 0.233. The number of benzene rings is 4. The molecule has 9 heteroatoms. The monoisotopic (exact) mass is 578 g/mol. The lowest BCUT2D eigenvalue weighted by atomic mass is 9.93. The second kappa shape index (κ2) is 10.1. The Morgan fingerprint density at radius 3 is 2.37 bits per heavy atom. The molecular formula is C32H24Cl2N6O. The number of anilines is 2. The molecule has 5 aromatic rings. The molecule has 3 heterocycles. The van der Waals surface area contributed by atoms with Crippen molar-refractivity contribution in [2.24, 2.45) is 9.98 Å². The first-order valence-corrected chi connectivity index (χ1v) is 13.8. The number of hydrogen-bond donors (Lipinski definition) is 1. The summed E-state index contributed by atoms with van der Waals surface area (Å²) in [5, 5.41) is 9.62. The summed E-state index contributed by atoms with van der Waals surface area (Å²) in [6, 6.07) is 31.4. The van der Waals surface area contributed by atoms with Gasteiger partial charge in [-0.05, 0) is 67.1 Å². The number of nitrogens with one attached hydrogen (secondary N) is 1. The van der Waals surface area contributed by atoms with Crippen LogP contribution in [0.5, 0.6) is 5.75 Å². The van der Waals surface area contributed by atoms with E-state index in [0.717, 1.165) is 45.4 Å². The number of aliphatic imine (C=N–C) groups is 2. The van der Waals surface area contributed by atoms with E-state index in [2.05, 4.69) is 28.4 Å². The van der Waals surface area contributed by atoms with Crippen LogP contribution in [0.2, 0.25) is 10.0 Å². The highest BCUT2D eigenvalue weighted by molar-refractivity contribution is 6.51. The summed E-state index contributed by atoms with van der Waals surface area (Å²) in [5.74, 6) is 2.61. The van der Waals surface area contributed by atoms with E-state index >= 15 is 0 Å². The van der Waals surface area contributed by atoms with Crippen molar-refractivity contribution in [2.75, 3.05) is 17.3 Å². The molecule has 0 fully saturated rings. The van der Waals surface area contributed by atoms with Crippen LogP contribution < -0.4 is 15.0 Å². The lowest BCUT2D eigenvalue weighted by Crippen LogP contribution is -2.46. The second-order valence-corrected chi connectivity index (χ2v) is 10.6. The molecule has 7 nitrogen and oxygen atoms in total. The molecule has 0 amide bonds. The normalized spacial score (nSPS) is 15.3. The largest absolute Gasteiger partial charge is 0.495 e. The van der Waals surface area contributed by atoms with Crippen LogP contribution in [0.4, 0.5) is 22.9 Å². The minimum Gasteiger partial charge on any atom is -0.495 e. The third-order valence-electron chi connectivity index (χ3n) is 7.24. The van der Waals surface area contributed by atoms with Gasteiger partial charge in [-0.2, -0.15) is 5.10 Å². The number of para-hydroxylation sites is 3. The van der Waals surface area contributed by atoms with E-state index in [1.165, 1.54) is 0 Å². The summed E-state index contributed by atoms with van der Waals surface area (Å²) in [4.78, 5) is 12.5. The van der Waals surface area contributed by atoms with Crippen LogP contribution in [0.3, 0.4) is 0 Å². The third-order valence-corrected chi connectivity index (χ3v) is 7.79. The molecular weight excluding hydrogens is 555 g/mol. The molecule has 7 rings (SSSR count). The standard InChI is InChI=1S/C32H24Cl2N6O/c1-19-28-29(20-12-14-21(33)15-13-20)39-26-11-7-6-10-25(26)36-30(35-22-16-17-27(41-2)24(34)18-22)32(39)37-31(28)40(38-19)23-8-4-3-5-9-23/h3-18,29H,1-2H3,(H,35,36)/t29-/m1/s1. The van der Waals surface area contributed by atoms with Crippen molar-refractivity contribution in [3.63, 3.8) is 0 Å². The van der Waals surface area contributed by atoms with E-state index in [9.17, 15) is 0 Å². The van der Waals surface area contributed by atoms with Crippen LogP contribution in [0, 0.1) is 6.92 Å². The van der Waals surface area contributed by atoms with Crippen LogP contribution in [-0.2, 0) is 0 Å². The molecule has 0 bridgehead atoms. The number of rotatable bonds is 4. The Morgan fingerprint density at radius 1 is 0.854 bits per heavy atom. The van der Waals surface area contributed by atoms with Gasteiger partial charge in [0, 0.05) is 16.3 Å². The van der Waals surface area contributed by atoms with Crippen molar-refractivity contribution >= 4 is 57.8 Å². The van der Waals surface area contributed by atoms with Crippen LogP contribution in [0.1, 0.15) is 22.9 Å². The fraction of sp³-hybridized carbons (Fsp3) is 0.0938. The minimum atomic E-state index is -0.236. The summed E-state index contributed by atoms with van der Waals surface area (Å²) in [6.45, 7) is 2.03. The molecule has 2 aliphatic rings. The van der Waals surface area contributed by atoms with Crippen molar-refractivity contribution in [1.29, 1.82) is 0 Å². The number of hydrogen-bond acceptors (Lipinski definition) is 6. The number of ether oxygens (including phenoxy) is 1. The summed E-state index contributed by atoms with van der Waals surface area (Å²) < 4.78 is 7.25. The van der Waals surface area contributed by atoms with Gasteiger partial charge in [-0.1, -0.05) is 65.7 Å². The van der Waals surface area contributed by atoms with Gasteiger partial charge in [0.1, 0.15) is 5.75 Å². The molecule has 0 unspecified atom stereocenters.